The number of ether oxygens (including phenoxy) is 2. The summed E-state index contributed by atoms with van der Waals surface area (Å²) in [4.78, 5) is 11.5. The fraction of sp³-hybridized carbons (Fsp3) is 0.969. The number of carboxylic acids is 1. The number of nitrogens with one attached hydrogen (secondary N) is 1. The van der Waals surface area contributed by atoms with Crippen LogP contribution in [0.15, 0.2) is 0 Å². The summed E-state index contributed by atoms with van der Waals surface area (Å²) in [6.07, 6.45) is 0.593. The number of carboxylic acid groups (broad SMARTS) is 1. The van der Waals surface area contributed by atoms with Gasteiger partial charge in [-0.2, -0.15) is 8.42 Å². The zero-order valence-electron chi connectivity index (χ0n) is 26.8. The Morgan fingerprint density at radius 1 is 0.956 bits per heavy atom. The van der Waals surface area contributed by atoms with E-state index in [9.17, 15) is 38.7 Å². The summed E-state index contributed by atoms with van der Waals surface area (Å²) in [7, 11) is -3.94. The van der Waals surface area contributed by atoms with E-state index in [1.807, 2.05) is 0 Å². The van der Waals surface area contributed by atoms with Crippen molar-refractivity contribution < 1.29 is 52.8 Å². The van der Waals surface area contributed by atoms with Crippen molar-refractivity contribution in [3.63, 3.8) is 0 Å². The molecule has 45 heavy (non-hydrogen) atoms. The molecule has 1 saturated heterocycles. The lowest BCUT2D eigenvalue weighted by molar-refractivity contribution is -0.310. The molecule has 4 aliphatic carbocycles. The summed E-state index contributed by atoms with van der Waals surface area (Å²) in [6, 6.07) is 0. The zero-order chi connectivity index (χ0) is 32.9. The van der Waals surface area contributed by atoms with Crippen LogP contribution in [0.4, 0.5) is 0 Å². The lowest BCUT2D eigenvalue weighted by Gasteiger charge is -2.62. The van der Waals surface area contributed by atoms with Gasteiger partial charge in [-0.15, -0.1) is 0 Å². The first kappa shape index (κ1) is 35.4. The van der Waals surface area contributed by atoms with Crippen molar-refractivity contribution in [2.45, 2.75) is 128 Å². The number of aliphatic hydroxyl groups excluding tert-OH is 4. The first-order valence-corrected chi connectivity index (χ1v) is 18.6. The second-order valence-corrected chi connectivity index (χ2v) is 17.0. The maximum Gasteiger partial charge on any atom is 0.335 e. The monoisotopic (exact) mass is 661 g/mol. The van der Waals surface area contributed by atoms with Gasteiger partial charge >= 0.3 is 5.97 Å². The molecule has 15 atom stereocenters. The molecule has 1 aliphatic heterocycles. The average molecular weight is 662 g/mol. The Labute approximate surface area is 267 Å². The van der Waals surface area contributed by atoms with Crippen LogP contribution in [0.5, 0.6) is 0 Å². The molecule has 1 heterocycles. The van der Waals surface area contributed by atoms with Crippen molar-refractivity contribution in [3.05, 3.63) is 0 Å². The Bertz CT molecular complexity index is 1160. The van der Waals surface area contributed by atoms with Gasteiger partial charge in [-0.25, -0.2) is 4.79 Å². The van der Waals surface area contributed by atoms with Gasteiger partial charge < -0.3 is 40.3 Å². The smallest absolute Gasteiger partial charge is 0.335 e. The quantitative estimate of drug-likeness (QED) is 0.0963. The highest BCUT2D eigenvalue weighted by Crippen LogP contribution is 2.68. The topological polar surface area (TPSA) is 203 Å². The molecule has 0 aromatic heterocycles. The van der Waals surface area contributed by atoms with Crippen LogP contribution in [0.25, 0.3) is 0 Å². The van der Waals surface area contributed by atoms with E-state index < -0.39 is 52.9 Å². The first-order chi connectivity index (χ1) is 21.1. The summed E-state index contributed by atoms with van der Waals surface area (Å²) < 4.78 is 42.2. The van der Waals surface area contributed by atoms with E-state index in [0.717, 1.165) is 51.5 Å². The minimum atomic E-state index is -3.94. The van der Waals surface area contributed by atoms with Gasteiger partial charge in [0.1, 0.15) is 18.3 Å². The lowest BCUT2D eigenvalue weighted by Crippen LogP contribution is -2.61. The van der Waals surface area contributed by atoms with Gasteiger partial charge in [0, 0.05) is 6.54 Å². The molecular weight excluding hydrogens is 606 g/mol. The molecule has 7 N–H and O–H groups in total. The van der Waals surface area contributed by atoms with Gasteiger partial charge in [0.2, 0.25) is 0 Å². The van der Waals surface area contributed by atoms with Crippen LogP contribution in [0.2, 0.25) is 0 Å². The van der Waals surface area contributed by atoms with Crippen molar-refractivity contribution in [1.29, 1.82) is 0 Å². The number of carbonyl (C=O) groups is 1. The maximum atomic E-state index is 11.7. The molecule has 5 fully saturated rings. The molecule has 0 amide bonds. The first-order valence-electron chi connectivity index (χ1n) is 17.0. The van der Waals surface area contributed by atoms with Crippen molar-refractivity contribution in [1.82, 2.24) is 5.32 Å². The van der Waals surface area contributed by atoms with Gasteiger partial charge in [-0.1, -0.05) is 20.8 Å². The number of aliphatic carboxylic acids is 1. The third kappa shape index (κ3) is 6.98. The van der Waals surface area contributed by atoms with Gasteiger partial charge in [0.05, 0.1) is 18.0 Å². The van der Waals surface area contributed by atoms with E-state index >= 15 is 0 Å². The molecule has 5 rings (SSSR count). The van der Waals surface area contributed by atoms with E-state index in [4.69, 9.17) is 14.0 Å². The minimum Gasteiger partial charge on any atom is -0.479 e. The fourth-order valence-electron chi connectivity index (χ4n) is 10.7. The lowest BCUT2D eigenvalue weighted by atomic mass is 9.43. The highest BCUT2D eigenvalue weighted by atomic mass is 32.2. The summed E-state index contributed by atoms with van der Waals surface area (Å²) in [5, 5.41) is 55.0. The van der Waals surface area contributed by atoms with Gasteiger partial charge in [0.15, 0.2) is 12.4 Å². The molecule has 0 aromatic rings. The highest BCUT2D eigenvalue weighted by Gasteiger charge is 2.63. The van der Waals surface area contributed by atoms with E-state index in [-0.39, 0.29) is 41.1 Å². The van der Waals surface area contributed by atoms with E-state index in [1.54, 1.807) is 0 Å². The van der Waals surface area contributed by atoms with Crippen molar-refractivity contribution in [2.75, 3.05) is 18.8 Å². The summed E-state index contributed by atoms with van der Waals surface area (Å²) in [5.74, 6) is 0.706. The maximum absolute atomic E-state index is 11.7. The molecule has 12 nitrogen and oxygen atoms in total. The van der Waals surface area contributed by atoms with Gasteiger partial charge in [-0.05, 0) is 117 Å². The molecule has 4 saturated carbocycles. The Hall–Kier alpha value is -0.900. The minimum absolute atomic E-state index is 0.0356. The third-order valence-electron chi connectivity index (χ3n) is 13.1. The molecule has 260 valence electrons. The molecule has 0 radical (unpaired) electrons. The molecule has 0 spiro atoms. The van der Waals surface area contributed by atoms with E-state index in [1.165, 1.54) is 0 Å². The SMILES string of the molecule is C[C@H](CCCNCCS(=O)(=O)O)[C@H]1CC[C@H]2[C@@H]3[C@H](O)C[C@@H]4C[C@H](O[C@@H]5O[C@H](C(=O)O)[C@@H](O)[C@H](O)[C@H]5O)CC[C@]4(C)[C@H]3CC[C@]12C. The van der Waals surface area contributed by atoms with Crippen molar-refractivity contribution in [3.8, 4) is 0 Å². The highest BCUT2D eigenvalue weighted by molar-refractivity contribution is 7.85. The predicted octanol–water partition coefficient (Wildman–Crippen LogP) is 1.79. The van der Waals surface area contributed by atoms with Gasteiger partial charge in [-0.3, -0.25) is 4.55 Å². The Kier molecular flexibility index (Phi) is 10.7. The molecular formula is C32H55NO11S. The fourth-order valence-corrected chi connectivity index (χ4v) is 11.1. The second kappa shape index (κ2) is 13.5. The molecule has 13 heteroatoms. The van der Waals surface area contributed by atoms with Crippen LogP contribution in [0.1, 0.15) is 85.0 Å². The van der Waals surface area contributed by atoms with Crippen LogP contribution < -0.4 is 5.32 Å². The van der Waals surface area contributed by atoms with Crippen LogP contribution in [-0.2, 0) is 24.4 Å². The van der Waals surface area contributed by atoms with Crippen LogP contribution >= 0.6 is 0 Å². The predicted molar refractivity (Wildman–Crippen MR) is 163 cm³/mol. The molecule has 5 aliphatic rings. The third-order valence-corrected chi connectivity index (χ3v) is 13.8. The largest absolute Gasteiger partial charge is 0.479 e. The number of hydrogen-bond donors (Lipinski definition) is 7. The number of rotatable bonds is 11. The average Bonchev–Trinajstić information content (AvgIpc) is 3.32. The molecule has 0 bridgehead atoms. The Balaban J connectivity index is 1.18. The Morgan fingerprint density at radius 2 is 1.64 bits per heavy atom. The van der Waals surface area contributed by atoms with Crippen LogP contribution in [0.3, 0.4) is 0 Å². The van der Waals surface area contributed by atoms with E-state index in [0.29, 0.717) is 42.9 Å². The summed E-state index contributed by atoms with van der Waals surface area (Å²) in [6.45, 7) is 8.12. The second-order valence-electron chi connectivity index (χ2n) is 15.4. The number of aliphatic hydroxyl groups is 4. The molecule has 0 aromatic carbocycles. The van der Waals surface area contributed by atoms with Crippen molar-refractivity contribution in [2.24, 2.45) is 46.3 Å². The number of fused-ring (bicyclic) bond motifs is 5. The van der Waals surface area contributed by atoms with Crippen molar-refractivity contribution >= 4 is 16.1 Å². The summed E-state index contributed by atoms with van der Waals surface area (Å²) in [5.41, 5.74) is 0.206. The normalized spacial score (nSPS) is 47.4. The van der Waals surface area contributed by atoms with Crippen LogP contribution in [-0.4, -0.2) is 106 Å². The Morgan fingerprint density at radius 3 is 2.33 bits per heavy atom. The van der Waals surface area contributed by atoms with E-state index in [2.05, 4.69) is 26.1 Å². The zero-order valence-corrected chi connectivity index (χ0v) is 27.6. The summed E-state index contributed by atoms with van der Waals surface area (Å²) >= 11 is 0. The standard InChI is InChI=1S/C32H55NO11S/c1-17(5-4-12-33-13-14-45(40,41)42)20-6-7-21-24-22(9-11-32(20,21)3)31(2)10-8-19(15-18(31)16-23(24)34)43-30-27(37)25(35)26(36)28(44-30)29(38)39/h17-28,30,33-37H,4-16H2,1-3H3,(H,38,39)(H,40,41,42)/t17-,18+,19-,20-,21+,22+,23-,24+,25+,26+,27-,28+,30-,31+,32-/m1/s1. The van der Waals surface area contributed by atoms with Crippen LogP contribution in [0, 0.1) is 46.3 Å². The number of hydrogen-bond acceptors (Lipinski definition) is 10. The van der Waals surface area contributed by atoms with Gasteiger partial charge in [0.25, 0.3) is 10.1 Å². The molecule has 0 unspecified atom stereocenters.